The van der Waals surface area contributed by atoms with Crippen LogP contribution in [0.4, 0.5) is 0 Å². The first kappa shape index (κ1) is 17.1. The molecule has 0 radical (unpaired) electrons. The molecule has 128 valence electrons. The number of fused-ring (bicyclic) bond motifs is 1. The Morgan fingerprint density at radius 1 is 1.16 bits per heavy atom. The lowest BCUT2D eigenvalue weighted by atomic mass is 10.0. The smallest absolute Gasteiger partial charge is 0.350 e. The highest BCUT2D eigenvalue weighted by Gasteiger charge is 2.17. The molecule has 0 saturated heterocycles. The van der Waals surface area contributed by atoms with Crippen molar-refractivity contribution in [2.24, 2.45) is 12.0 Å². The summed E-state index contributed by atoms with van der Waals surface area (Å²) in [7, 11) is 1.78. The highest BCUT2D eigenvalue weighted by atomic mass is 32.1. The van der Waals surface area contributed by atoms with E-state index in [2.05, 4.69) is 4.99 Å². The van der Waals surface area contributed by atoms with Crippen LogP contribution in [0.15, 0.2) is 47.5 Å². The summed E-state index contributed by atoms with van der Waals surface area (Å²) >= 11 is 1.16. The monoisotopic (exact) mass is 354 g/mol. The van der Waals surface area contributed by atoms with Crippen molar-refractivity contribution in [3.63, 3.8) is 0 Å². The molecule has 6 heteroatoms. The number of benzene rings is 2. The van der Waals surface area contributed by atoms with Crippen LogP contribution in [0.1, 0.15) is 32.6 Å². The molecule has 2 aromatic carbocycles. The number of esters is 1. The van der Waals surface area contributed by atoms with Gasteiger partial charge >= 0.3 is 5.97 Å². The van der Waals surface area contributed by atoms with Gasteiger partial charge in [0.25, 0.3) is 5.91 Å². The van der Waals surface area contributed by atoms with Gasteiger partial charge in [0.15, 0.2) is 4.80 Å². The minimum atomic E-state index is -0.389. The molecule has 3 rings (SSSR count). The molecule has 0 aliphatic rings. The molecule has 0 spiro atoms. The van der Waals surface area contributed by atoms with E-state index >= 15 is 0 Å². The maximum Gasteiger partial charge on any atom is 0.350 e. The Balaban J connectivity index is 2.07. The van der Waals surface area contributed by atoms with E-state index in [-0.39, 0.29) is 11.9 Å². The van der Waals surface area contributed by atoms with Gasteiger partial charge < -0.3 is 9.30 Å². The van der Waals surface area contributed by atoms with Crippen molar-refractivity contribution in [3.05, 3.63) is 63.4 Å². The molecular formula is C19H18N2O3S. The quantitative estimate of drug-likeness (QED) is 0.677. The van der Waals surface area contributed by atoms with Crippen LogP contribution in [0.2, 0.25) is 0 Å². The fraction of sp³-hybridized carbons (Fsp3) is 0.211. The lowest BCUT2D eigenvalue weighted by molar-refractivity contribution is 0.0530. The van der Waals surface area contributed by atoms with Gasteiger partial charge in [-0.05, 0) is 30.7 Å². The van der Waals surface area contributed by atoms with Gasteiger partial charge in [-0.1, -0.05) is 47.7 Å². The average Bonchev–Trinajstić information content (AvgIpc) is 2.90. The number of carbonyl (C=O) groups is 2. The van der Waals surface area contributed by atoms with Gasteiger partial charge in [0.2, 0.25) is 0 Å². The lowest BCUT2D eigenvalue weighted by Gasteiger charge is -2.02. The maximum atomic E-state index is 12.7. The van der Waals surface area contributed by atoms with Crippen molar-refractivity contribution in [2.75, 3.05) is 6.61 Å². The Kier molecular flexibility index (Phi) is 4.81. The minimum absolute atomic E-state index is 0.307. The SMILES string of the molecule is CCOC(=O)c1sc(=NC(=O)c2cccc3ccccc23)n(C)c1C. The van der Waals surface area contributed by atoms with Gasteiger partial charge in [-0.3, -0.25) is 4.79 Å². The van der Waals surface area contributed by atoms with Gasteiger partial charge in [-0.2, -0.15) is 4.99 Å². The highest BCUT2D eigenvalue weighted by Crippen LogP contribution is 2.19. The number of carbonyl (C=O) groups excluding carboxylic acids is 2. The summed E-state index contributed by atoms with van der Waals surface area (Å²) in [6, 6.07) is 13.3. The second-order valence-corrected chi connectivity index (χ2v) is 6.50. The average molecular weight is 354 g/mol. The second-order valence-electron chi connectivity index (χ2n) is 5.52. The number of rotatable bonds is 3. The molecule has 1 amide bonds. The molecule has 25 heavy (non-hydrogen) atoms. The van der Waals surface area contributed by atoms with Crippen LogP contribution in [0, 0.1) is 6.92 Å². The molecule has 0 saturated carbocycles. The van der Waals surface area contributed by atoms with Crippen LogP contribution in [0.3, 0.4) is 0 Å². The lowest BCUT2D eigenvalue weighted by Crippen LogP contribution is -2.14. The molecule has 5 nitrogen and oxygen atoms in total. The first-order valence-electron chi connectivity index (χ1n) is 7.93. The zero-order valence-corrected chi connectivity index (χ0v) is 15.1. The summed E-state index contributed by atoms with van der Waals surface area (Å²) in [6.45, 7) is 3.88. The zero-order chi connectivity index (χ0) is 18.0. The van der Waals surface area contributed by atoms with Crippen LogP contribution in [0.25, 0.3) is 10.8 Å². The Morgan fingerprint density at radius 2 is 1.88 bits per heavy atom. The van der Waals surface area contributed by atoms with Crippen molar-refractivity contribution >= 4 is 34.0 Å². The van der Waals surface area contributed by atoms with E-state index in [0.717, 1.165) is 27.8 Å². The first-order valence-corrected chi connectivity index (χ1v) is 8.75. The van der Waals surface area contributed by atoms with Crippen LogP contribution in [-0.2, 0) is 11.8 Å². The Hall–Kier alpha value is -2.73. The van der Waals surface area contributed by atoms with Crippen molar-refractivity contribution in [2.45, 2.75) is 13.8 Å². The molecule has 0 aliphatic heterocycles. The molecule has 0 atom stereocenters. The molecule has 0 bridgehead atoms. The van der Waals surface area contributed by atoms with Crippen molar-refractivity contribution in [3.8, 4) is 0 Å². The summed E-state index contributed by atoms with van der Waals surface area (Å²) < 4.78 is 6.79. The van der Waals surface area contributed by atoms with Crippen molar-refractivity contribution in [1.82, 2.24) is 4.57 Å². The van der Waals surface area contributed by atoms with E-state index in [9.17, 15) is 9.59 Å². The van der Waals surface area contributed by atoms with E-state index in [1.165, 1.54) is 0 Å². The van der Waals surface area contributed by atoms with Gasteiger partial charge in [0.1, 0.15) is 4.88 Å². The molecule has 0 aliphatic carbocycles. The van der Waals surface area contributed by atoms with E-state index in [1.54, 1.807) is 24.6 Å². The van der Waals surface area contributed by atoms with Crippen molar-refractivity contribution < 1.29 is 14.3 Å². The van der Waals surface area contributed by atoms with Crippen LogP contribution < -0.4 is 4.80 Å². The van der Waals surface area contributed by atoms with Gasteiger partial charge in [-0.15, -0.1) is 0 Å². The predicted molar refractivity (Wildman–Crippen MR) is 97.8 cm³/mol. The van der Waals surface area contributed by atoms with Gasteiger partial charge in [0, 0.05) is 18.3 Å². The predicted octanol–water partition coefficient (Wildman–Crippen LogP) is 3.47. The summed E-state index contributed by atoms with van der Waals surface area (Å²) in [5, 5.41) is 1.85. The third kappa shape index (κ3) is 3.25. The molecule has 1 heterocycles. The summed E-state index contributed by atoms with van der Waals surface area (Å²) in [5.74, 6) is -0.719. The minimum Gasteiger partial charge on any atom is -0.462 e. The third-order valence-corrected chi connectivity index (χ3v) is 5.20. The summed E-state index contributed by atoms with van der Waals surface area (Å²) in [4.78, 5) is 29.9. The Morgan fingerprint density at radius 3 is 2.64 bits per heavy atom. The van der Waals surface area contributed by atoms with Crippen LogP contribution in [-0.4, -0.2) is 23.1 Å². The summed E-state index contributed by atoms with van der Waals surface area (Å²) in [6.07, 6.45) is 0. The van der Waals surface area contributed by atoms with E-state index in [4.69, 9.17) is 4.74 Å². The number of nitrogens with zero attached hydrogens (tertiary/aromatic N) is 2. The molecule has 0 fully saturated rings. The topological polar surface area (TPSA) is 60.7 Å². The number of hydrogen-bond acceptors (Lipinski definition) is 4. The molecule has 3 aromatic rings. The highest BCUT2D eigenvalue weighted by molar-refractivity contribution is 7.11. The fourth-order valence-electron chi connectivity index (χ4n) is 2.57. The molecule has 1 aromatic heterocycles. The maximum absolute atomic E-state index is 12.7. The molecule has 0 N–H and O–H groups in total. The number of amides is 1. The van der Waals surface area contributed by atoms with Crippen LogP contribution >= 0.6 is 11.3 Å². The third-order valence-electron chi connectivity index (χ3n) is 3.99. The number of ether oxygens (including phenoxy) is 1. The Labute approximate surface area is 149 Å². The fourth-order valence-corrected chi connectivity index (χ4v) is 3.58. The summed E-state index contributed by atoms with van der Waals surface area (Å²) in [5.41, 5.74) is 1.27. The zero-order valence-electron chi connectivity index (χ0n) is 14.3. The van der Waals surface area contributed by atoms with E-state index < -0.39 is 0 Å². The second kappa shape index (κ2) is 7.03. The number of thiazole rings is 1. The Bertz CT molecular complexity index is 1030. The number of hydrogen-bond donors (Lipinski definition) is 0. The standard InChI is InChI=1S/C19H18N2O3S/c1-4-24-18(23)16-12(2)21(3)19(25-16)20-17(22)15-11-7-9-13-8-5-6-10-14(13)15/h5-11H,4H2,1-3H3. The molecular weight excluding hydrogens is 336 g/mol. The van der Waals surface area contributed by atoms with Crippen LogP contribution in [0.5, 0.6) is 0 Å². The normalized spacial score (nSPS) is 11.7. The van der Waals surface area contributed by atoms with Gasteiger partial charge in [0.05, 0.1) is 6.61 Å². The van der Waals surface area contributed by atoms with E-state index in [1.807, 2.05) is 43.3 Å². The largest absolute Gasteiger partial charge is 0.462 e. The number of aromatic nitrogens is 1. The molecule has 0 unspecified atom stereocenters. The van der Waals surface area contributed by atoms with E-state index in [0.29, 0.717) is 21.8 Å². The van der Waals surface area contributed by atoms with Gasteiger partial charge in [-0.25, -0.2) is 4.79 Å². The first-order chi connectivity index (χ1) is 12.0. The van der Waals surface area contributed by atoms with Crippen molar-refractivity contribution in [1.29, 1.82) is 0 Å².